The minimum Gasteiger partial charge on any atom is -0.357 e. The first-order valence-corrected chi connectivity index (χ1v) is 8.39. The van der Waals surface area contributed by atoms with E-state index < -0.39 is 0 Å². The first-order chi connectivity index (χ1) is 10.7. The van der Waals surface area contributed by atoms with Crippen LogP contribution >= 0.6 is 0 Å². The number of rotatable bonds is 8. The Bertz CT molecular complexity index is 463. The SMILES string of the molecule is CCNC(=NCC1(c2ccccc2)CC1)NCCCN(C)C. The maximum Gasteiger partial charge on any atom is 0.191 e. The van der Waals surface area contributed by atoms with Gasteiger partial charge in [-0.2, -0.15) is 0 Å². The molecule has 1 aliphatic rings. The number of guanidine groups is 1. The lowest BCUT2D eigenvalue weighted by Gasteiger charge is -2.16. The molecule has 0 unspecified atom stereocenters. The van der Waals surface area contributed by atoms with Crippen LogP contribution in [0, 0.1) is 0 Å². The molecule has 0 bridgehead atoms. The number of nitrogens with zero attached hydrogens (tertiary/aromatic N) is 2. The van der Waals surface area contributed by atoms with Gasteiger partial charge in [-0.1, -0.05) is 30.3 Å². The van der Waals surface area contributed by atoms with Crippen LogP contribution in [0.2, 0.25) is 0 Å². The zero-order chi connectivity index (χ0) is 15.8. The summed E-state index contributed by atoms with van der Waals surface area (Å²) in [6.45, 7) is 5.95. The molecular weight excluding hydrogens is 272 g/mol. The lowest BCUT2D eigenvalue weighted by molar-refractivity contribution is 0.399. The first-order valence-electron chi connectivity index (χ1n) is 8.39. The van der Waals surface area contributed by atoms with Gasteiger partial charge in [0.25, 0.3) is 0 Å². The summed E-state index contributed by atoms with van der Waals surface area (Å²) in [5.41, 5.74) is 1.72. The van der Waals surface area contributed by atoms with Crippen molar-refractivity contribution >= 4 is 5.96 Å². The van der Waals surface area contributed by atoms with Crippen molar-refractivity contribution in [2.24, 2.45) is 4.99 Å². The molecule has 1 fully saturated rings. The smallest absolute Gasteiger partial charge is 0.191 e. The zero-order valence-electron chi connectivity index (χ0n) is 14.2. The molecule has 0 radical (unpaired) electrons. The van der Waals surface area contributed by atoms with E-state index in [0.29, 0.717) is 0 Å². The topological polar surface area (TPSA) is 39.7 Å². The molecular formula is C18H30N4. The van der Waals surface area contributed by atoms with Crippen LogP contribution in [-0.4, -0.2) is 51.1 Å². The van der Waals surface area contributed by atoms with Crippen molar-refractivity contribution < 1.29 is 0 Å². The van der Waals surface area contributed by atoms with Crippen molar-refractivity contribution in [1.82, 2.24) is 15.5 Å². The highest BCUT2D eigenvalue weighted by molar-refractivity contribution is 5.79. The molecule has 1 aromatic rings. The van der Waals surface area contributed by atoms with Crippen LogP contribution in [-0.2, 0) is 5.41 Å². The van der Waals surface area contributed by atoms with Crippen molar-refractivity contribution in [3.63, 3.8) is 0 Å². The third-order valence-corrected chi connectivity index (χ3v) is 4.20. The lowest BCUT2D eigenvalue weighted by atomic mass is 9.96. The van der Waals surface area contributed by atoms with Crippen LogP contribution in [0.1, 0.15) is 31.7 Å². The van der Waals surface area contributed by atoms with E-state index in [4.69, 9.17) is 4.99 Å². The van der Waals surface area contributed by atoms with Crippen molar-refractivity contribution in [2.45, 2.75) is 31.6 Å². The third kappa shape index (κ3) is 5.02. The number of hydrogen-bond acceptors (Lipinski definition) is 2. The zero-order valence-corrected chi connectivity index (χ0v) is 14.2. The van der Waals surface area contributed by atoms with Gasteiger partial charge >= 0.3 is 0 Å². The Balaban J connectivity index is 1.87. The fourth-order valence-electron chi connectivity index (χ4n) is 2.65. The van der Waals surface area contributed by atoms with Gasteiger partial charge in [-0.25, -0.2) is 0 Å². The third-order valence-electron chi connectivity index (χ3n) is 4.20. The van der Waals surface area contributed by atoms with Gasteiger partial charge in [0.2, 0.25) is 0 Å². The molecule has 1 aliphatic carbocycles. The van der Waals surface area contributed by atoms with Crippen molar-refractivity contribution in [3.05, 3.63) is 35.9 Å². The van der Waals surface area contributed by atoms with Gasteiger partial charge in [0.1, 0.15) is 0 Å². The van der Waals surface area contributed by atoms with E-state index in [1.165, 1.54) is 18.4 Å². The summed E-state index contributed by atoms with van der Waals surface area (Å²) in [4.78, 5) is 7.03. The van der Waals surface area contributed by atoms with E-state index in [1.807, 2.05) is 0 Å². The second-order valence-electron chi connectivity index (χ2n) is 6.43. The minimum atomic E-state index is 0.285. The quantitative estimate of drug-likeness (QED) is 0.439. The van der Waals surface area contributed by atoms with Crippen molar-refractivity contribution in [3.8, 4) is 0 Å². The monoisotopic (exact) mass is 302 g/mol. The average molecular weight is 302 g/mol. The summed E-state index contributed by atoms with van der Waals surface area (Å²) >= 11 is 0. The van der Waals surface area contributed by atoms with E-state index in [2.05, 4.69) is 66.9 Å². The fraction of sp³-hybridized carbons (Fsp3) is 0.611. The van der Waals surface area contributed by atoms with E-state index in [1.54, 1.807) is 0 Å². The predicted molar refractivity (Wildman–Crippen MR) is 94.5 cm³/mol. The Kier molecular flexibility index (Phi) is 6.25. The Morgan fingerprint density at radius 1 is 1.18 bits per heavy atom. The number of benzene rings is 1. The molecule has 4 nitrogen and oxygen atoms in total. The van der Waals surface area contributed by atoms with Crippen LogP contribution in [0.25, 0.3) is 0 Å². The summed E-state index contributed by atoms with van der Waals surface area (Å²) in [6.07, 6.45) is 3.63. The van der Waals surface area contributed by atoms with Crippen molar-refractivity contribution in [1.29, 1.82) is 0 Å². The molecule has 1 saturated carbocycles. The molecule has 2 rings (SSSR count). The van der Waals surface area contributed by atoms with E-state index in [-0.39, 0.29) is 5.41 Å². The summed E-state index contributed by atoms with van der Waals surface area (Å²) in [7, 11) is 4.21. The van der Waals surface area contributed by atoms with Gasteiger partial charge in [-0.3, -0.25) is 4.99 Å². The molecule has 0 aliphatic heterocycles. The van der Waals surface area contributed by atoms with E-state index in [0.717, 1.165) is 38.6 Å². The second kappa shape index (κ2) is 8.18. The van der Waals surface area contributed by atoms with Gasteiger partial charge in [0.15, 0.2) is 5.96 Å². The fourth-order valence-corrected chi connectivity index (χ4v) is 2.65. The molecule has 0 spiro atoms. The van der Waals surface area contributed by atoms with Crippen LogP contribution in [0.5, 0.6) is 0 Å². The summed E-state index contributed by atoms with van der Waals surface area (Å²) in [5, 5.41) is 6.79. The number of aliphatic imine (C=N–C) groups is 1. The van der Waals surface area contributed by atoms with Crippen LogP contribution in [0.15, 0.2) is 35.3 Å². The van der Waals surface area contributed by atoms with Gasteiger partial charge in [0.05, 0.1) is 6.54 Å². The Labute approximate surface area is 135 Å². The van der Waals surface area contributed by atoms with Crippen LogP contribution < -0.4 is 10.6 Å². The highest BCUT2D eigenvalue weighted by atomic mass is 15.2. The number of nitrogens with one attached hydrogen (secondary N) is 2. The molecule has 4 heteroatoms. The van der Waals surface area contributed by atoms with Gasteiger partial charge in [-0.15, -0.1) is 0 Å². The normalized spacial score (nSPS) is 16.6. The van der Waals surface area contributed by atoms with Crippen molar-refractivity contribution in [2.75, 3.05) is 40.3 Å². The molecule has 22 heavy (non-hydrogen) atoms. The van der Waals surface area contributed by atoms with Gasteiger partial charge in [-0.05, 0) is 52.4 Å². The summed E-state index contributed by atoms with van der Waals surface area (Å²) in [6, 6.07) is 10.8. The molecule has 0 amide bonds. The Hall–Kier alpha value is -1.55. The maximum atomic E-state index is 4.82. The Morgan fingerprint density at radius 3 is 2.50 bits per heavy atom. The van der Waals surface area contributed by atoms with Gasteiger partial charge in [0, 0.05) is 18.5 Å². The minimum absolute atomic E-state index is 0.285. The maximum absolute atomic E-state index is 4.82. The largest absolute Gasteiger partial charge is 0.357 e. The Morgan fingerprint density at radius 2 is 1.91 bits per heavy atom. The average Bonchev–Trinajstić information content (AvgIpc) is 3.31. The predicted octanol–water partition coefficient (Wildman–Crippen LogP) is 2.23. The highest BCUT2D eigenvalue weighted by Crippen LogP contribution is 2.48. The van der Waals surface area contributed by atoms with Crippen LogP contribution in [0.3, 0.4) is 0 Å². The standard InChI is InChI=1S/C18H30N4/c1-4-19-17(20-13-8-14-22(2)3)21-15-18(11-12-18)16-9-6-5-7-10-16/h5-7,9-10H,4,8,11-15H2,1-3H3,(H2,19,20,21). The summed E-state index contributed by atoms with van der Waals surface area (Å²) < 4.78 is 0. The molecule has 0 saturated heterocycles. The lowest BCUT2D eigenvalue weighted by Crippen LogP contribution is -2.39. The van der Waals surface area contributed by atoms with E-state index in [9.17, 15) is 0 Å². The van der Waals surface area contributed by atoms with Crippen LogP contribution in [0.4, 0.5) is 0 Å². The number of hydrogen-bond donors (Lipinski definition) is 2. The van der Waals surface area contributed by atoms with Gasteiger partial charge < -0.3 is 15.5 Å². The molecule has 2 N–H and O–H groups in total. The molecule has 0 atom stereocenters. The molecule has 0 heterocycles. The second-order valence-corrected chi connectivity index (χ2v) is 6.43. The molecule has 1 aromatic carbocycles. The molecule has 122 valence electrons. The summed E-state index contributed by atoms with van der Waals surface area (Å²) in [5.74, 6) is 0.948. The highest BCUT2D eigenvalue weighted by Gasteiger charge is 2.43. The molecule has 0 aromatic heterocycles. The van der Waals surface area contributed by atoms with E-state index >= 15 is 0 Å². The first kappa shape index (κ1) is 16.8.